The Morgan fingerprint density at radius 3 is 1.27 bits per heavy atom. The third-order valence-corrected chi connectivity index (χ3v) is 17.0. The number of nitrogens with zero attached hydrogens (tertiary/aromatic N) is 3. The molecule has 302 valence electrons. The quantitative estimate of drug-likeness (QED) is 0.152. The van der Waals surface area contributed by atoms with Crippen LogP contribution in [0.15, 0.2) is 268 Å². The molecule has 0 aliphatic carbocycles. The van der Waals surface area contributed by atoms with Gasteiger partial charge >= 0.3 is 0 Å². The van der Waals surface area contributed by atoms with Gasteiger partial charge in [0.1, 0.15) is 0 Å². The molecule has 0 N–H and O–H groups in total. The zero-order chi connectivity index (χ0) is 42.2. The fraction of sp³-hybridized carbons (Fsp3) is 0. The van der Waals surface area contributed by atoms with Crippen molar-refractivity contribution in [2.24, 2.45) is 0 Å². The minimum atomic E-state index is -1.86. The van der Waals surface area contributed by atoms with Crippen LogP contribution in [0.25, 0.3) is 82.5 Å². The molecule has 0 fully saturated rings. The summed E-state index contributed by atoms with van der Waals surface area (Å²) in [6, 6.07) is 91.8. The number of fused-ring (bicyclic) bond motifs is 9. The van der Waals surface area contributed by atoms with E-state index >= 15 is 0 Å². The van der Waals surface area contributed by atoms with Crippen LogP contribution < -0.4 is 0 Å². The first-order valence-corrected chi connectivity index (χ1v) is 23.6. The molecule has 0 saturated heterocycles. The summed E-state index contributed by atoms with van der Waals surface area (Å²) in [5, 5.41) is 7.42. The van der Waals surface area contributed by atoms with Crippen molar-refractivity contribution in [3.63, 3.8) is 0 Å². The minimum Gasteiger partial charge on any atom is -0.309 e. The van der Waals surface area contributed by atoms with E-state index in [9.17, 15) is 0 Å². The van der Waals surface area contributed by atoms with E-state index in [0.29, 0.717) is 0 Å². The Morgan fingerprint density at radius 2 is 0.656 bits per heavy atom. The zero-order valence-electron chi connectivity index (χ0n) is 34.9. The maximum absolute atomic E-state index is 2.49. The Labute approximate surface area is 372 Å². The first-order valence-electron chi connectivity index (χ1n) is 21.9. The second kappa shape index (κ2) is 14.5. The fourth-order valence-corrected chi connectivity index (χ4v) is 14.4. The summed E-state index contributed by atoms with van der Waals surface area (Å²) < 4.78 is 7.35. The van der Waals surface area contributed by atoms with Gasteiger partial charge in [0.05, 0.1) is 38.8 Å². The topological polar surface area (TPSA) is 14.8 Å². The summed E-state index contributed by atoms with van der Waals surface area (Å²) in [4.78, 5) is 5.26. The van der Waals surface area contributed by atoms with E-state index in [0.717, 1.165) is 11.4 Å². The van der Waals surface area contributed by atoms with Gasteiger partial charge in [0.2, 0.25) is 0 Å². The summed E-state index contributed by atoms with van der Waals surface area (Å²) in [6.07, 6.45) is 0. The van der Waals surface area contributed by atoms with E-state index in [4.69, 9.17) is 0 Å². The molecular weight excluding hydrogens is 795 g/mol. The molecule has 0 amide bonds. The highest BCUT2D eigenvalue weighted by molar-refractivity contribution is 8.34. The molecule has 0 aliphatic rings. The van der Waals surface area contributed by atoms with E-state index < -0.39 is 10.0 Å². The van der Waals surface area contributed by atoms with Crippen molar-refractivity contribution in [3.8, 4) is 17.1 Å². The van der Waals surface area contributed by atoms with Crippen LogP contribution in [0.2, 0.25) is 0 Å². The van der Waals surface area contributed by atoms with Gasteiger partial charge in [0.15, 0.2) is 0 Å². The van der Waals surface area contributed by atoms with Crippen molar-refractivity contribution in [2.45, 2.75) is 19.6 Å². The smallest absolute Gasteiger partial charge is 0.0562 e. The Morgan fingerprint density at radius 1 is 0.234 bits per heavy atom. The summed E-state index contributed by atoms with van der Waals surface area (Å²) >= 11 is 0. The van der Waals surface area contributed by atoms with Gasteiger partial charge in [-0.3, -0.25) is 0 Å². The van der Waals surface area contributed by atoms with Gasteiger partial charge in [-0.15, -0.1) is 10.0 Å². The van der Waals surface area contributed by atoms with Crippen LogP contribution in [0.1, 0.15) is 0 Å². The van der Waals surface area contributed by atoms with Gasteiger partial charge in [0, 0.05) is 63.3 Å². The van der Waals surface area contributed by atoms with Crippen molar-refractivity contribution in [1.29, 1.82) is 0 Å². The SMILES string of the molecule is c1ccc(-n2c3ccccc3c3c(-n4c5ccccc5c5cc(-n6c7ccccc7c7cc(S(c8ccccc8)(c8ccccc8)c8ccccc8)ccc76)ccc54)cccc32)cc1. The molecule has 13 rings (SSSR count). The average Bonchev–Trinajstić information content (AvgIpc) is 4.01. The second-order valence-electron chi connectivity index (χ2n) is 16.5. The largest absolute Gasteiger partial charge is 0.309 e. The molecule has 0 spiro atoms. The Kier molecular flexibility index (Phi) is 8.30. The van der Waals surface area contributed by atoms with Crippen molar-refractivity contribution < 1.29 is 0 Å². The monoisotopic (exact) mass is 835 g/mol. The van der Waals surface area contributed by atoms with Crippen LogP contribution in [0, 0.1) is 0 Å². The van der Waals surface area contributed by atoms with Crippen LogP contribution in [0.3, 0.4) is 0 Å². The molecule has 13 aromatic rings. The zero-order valence-corrected chi connectivity index (χ0v) is 35.7. The predicted octanol–water partition coefficient (Wildman–Crippen LogP) is 16.3. The maximum Gasteiger partial charge on any atom is 0.0562 e. The molecule has 64 heavy (non-hydrogen) atoms. The molecule has 0 radical (unpaired) electrons. The van der Waals surface area contributed by atoms with Gasteiger partial charge in [0.25, 0.3) is 0 Å². The minimum absolute atomic E-state index is 1.14. The molecule has 0 aliphatic heterocycles. The highest BCUT2D eigenvalue weighted by Crippen LogP contribution is 2.73. The summed E-state index contributed by atoms with van der Waals surface area (Å²) in [5.41, 5.74) is 10.6. The van der Waals surface area contributed by atoms with Crippen LogP contribution in [0.4, 0.5) is 0 Å². The average molecular weight is 836 g/mol. The van der Waals surface area contributed by atoms with Crippen LogP contribution >= 0.6 is 10.0 Å². The molecule has 4 heteroatoms. The van der Waals surface area contributed by atoms with Crippen molar-refractivity contribution in [1.82, 2.24) is 13.7 Å². The number of rotatable bonds is 7. The normalized spacial score (nSPS) is 12.3. The number of aromatic nitrogens is 3. The van der Waals surface area contributed by atoms with Crippen LogP contribution in [-0.2, 0) is 0 Å². The second-order valence-corrected chi connectivity index (χ2v) is 19.6. The molecule has 3 nitrogen and oxygen atoms in total. The van der Waals surface area contributed by atoms with Gasteiger partial charge < -0.3 is 13.7 Å². The molecular formula is C60H41N3S. The fourth-order valence-electron chi connectivity index (χ4n) is 10.5. The summed E-state index contributed by atoms with van der Waals surface area (Å²) in [7, 11) is -1.86. The van der Waals surface area contributed by atoms with Crippen molar-refractivity contribution >= 4 is 75.4 Å². The summed E-state index contributed by atoms with van der Waals surface area (Å²) in [5.74, 6) is 0. The van der Waals surface area contributed by atoms with Gasteiger partial charge in [-0.2, -0.15) is 0 Å². The van der Waals surface area contributed by atoms with Crippen molar-refractivity contribution in [3.05, 3.63) is 249 Å². The maximum atomic E-state index is 2.49. The highest BCUT2D eigenvalue weighted by atomic mass is 32.3. The lowest BCUT2D eigenvalue weighted by Crippen LogP contribution is -2.05. The van der Waals surface area contributed by atoms with Crippen LogP contribution in [-0.4, -0.2) is 13.7 Å². The molecule has 0 bridgehead atoms. The standard InChI is InChI=1S/C60H41N3S/c1-5-20-42(21-6-1)61-55-33-18-15-30-50(55)60-58(61)34-19-35-59(60)63-54-32-17-14-28-48(54)51-40-43(36-38-57(51)63)62-53-31-16-13-29-49(53)52-41-47(37-39-56(52)62)64(44-22-7-2-8-23-44,45-24-9-3-10-25-45)46-26-11-4-12-27-46/h1-41H. The van der Waals surface area contributed by atoms with Crippen LogP contribution in [0.5, 0.6) is 0 Å². The molecule has 0 atom stereocenters. The Hall–Kier alpha value is -8.05. The van der Waals surface area contributed by atoms with E-state index in [1.165, 1.54) is 90.7 Å². The van der Waals surface area contributed by atoms with Gasteiger partial charge in [-0.1, -0.05) is 133 Å². The highest BCUT2D eigenvalue weighted by Gasteiger charge is 2.34. The predicted molar refractivity (Wildman–Crippen MR) is 269 cm³/mol. The lowest BCUT2D eigenvalue weighted by molar-refractivity contribution is 1.16. The van der Waals surface area contributed by atoms with Gasteiger partial charge in [-0.25, -0.2) is 0 Å². The van der Waals surface area contributed by atoms with E-state index in [1.54, 1.807) is 0 Å². The third-order valence-electron chi connectivity index (χ3n) is 13.1. The lowest BCUT2D eigenvalue weighted by atomic mass is 10.1. The first-order chi connectivity index (χ1) is 31.8. The first kappa shape index (κ1) is 36.6. The number of benzene rings is 10. The van der Waals surface area contributed by atoms with E-state index in [1.807, 2.05) is 0 Å². The van der Waals surface area contributed by atoms with E-state index in [-0.39, 0.29) is 0 Å². The van der Waals surface area contributed by atoms with Crippen molar-refractivity contribution in [2.75, 3.05) is 0 Å². The molecule has 10 aromatic carbocycles. The molecule has 3 heterocycles. The molecule has 0 saturated carbocycles. The molecule has 0 unspecified atom stereocenters. The van der Waals surface area contributed by atoms with Gasteiger partial charge in [-0.05, 0) is 115 Å². The number of hydrogen-bond donors (Lipinski definition) is 0. The third kappa shape index (κ3) is 5.30. The number of para-hydroxylation sites is 4. The molecule has 3 aromatic heterocycles. The Bertz CT molecular complexity index is 3790. The number of hydrogen-bond acceptors (Lipinski definition) is 0. The lowest BCUT2D eigenvalue weighted by Gasteiger charge is -2.42. The summed E-state index contributed by atoms with van der Waals surface area (Å²) in [6.45, 7) is 0. The van der Waals surface area contributed by atoms with E-state index in [2.05, 4.69) is 262 Å². The Balaban J connectivity index is 1.05.